The minimum Gasteiger partial charge on any atom is -0.496 e. The van der Waals surface area contributed by atoms with Gasteiger partial charge in [0.1, 0.15) is 12.4 Å². The third kappa shape index (κ3) is 1.71. The number of halogens is 1. The van der Waals surface area contributed by atoms with Gasteiger partial charge in [0.2, 0.25) is 0 Å². The molecule has 0 spiro atoms. The highest BCUT2D eigenvalue weighted by atomic mass is 35.5. The standard InChI is InChI=1S/C13H13ClO3/c1-4-5-8-11(14)9-6-17-13(15)10(9)7(2)12(8)16-3/h4H,1,5-6H2,2-3H3. The summed E-state index contributed by atoms with van der Waals surface area (Å²) in [4.78, 5) is 11.6. The Labute approximate surface area is 105 Å². The fourth-order valence-corrected chi connectivity index (χ4v) is 2.49. The lowest BCUT2D eigenvalue weighted by Gasteiger charge is -2.15. The molecule has 4 heteroatoms. The molecule has 1 heterocycles. The predicted octanol–water partition coefficient (Wildman–Crippen LogP) is 3.06. The first-order valence-corrected chi connectivity index (χ1v) is 5.65. The first-order valence-electron chi connectivity index (χ1n) is 5.27. The van der Waals surface area contributed by atoms with Gasteiger partial charge in [0.15, 0.2) is 0 Å². The number of esters is 1. The van der Waals surface area contributed by atoms with Crippen molar-refractivity contribution in [2.75, 3.05) is 7.11 Å². The van der Waals surface area contributed by atoms with Gasteiger partial charge in [-0.2, -0.15) is 0 Å². The van der Waals surface area contributed by atoms with Gasteiger partial charge in [0.05, 0.1) is 17.7 Å². The van der Waals surface area contributed by atoms with Crippen molar-refractivity contribution in [2.45, 2.75) is 20.0 Å². The van der Waals surface area contributed by atoms with Crippen molar-refractivity contribution < 1.29 is 14.3 Å². The number of methoxy groups -OCH3 is 1. The Balaban J connectivity index is 2.75. The average Bonchev–Trinajstić information content (AvgIpc) is 2.69. The molecule has 0 saturated carbocycles. The summed E-state index contributed by atoms with van der Waals surface area (Å²) in [5, 5.41) is 0.549. The van der Waals surface area contributed by atoms with Crippen molar-refractivity contribution in [3.63, 3.8) is 0 Å². The molecule has 0 N–H and O–H groups in total. The normalized spacial score (nSPS) is 13.2. The highest BCUT2D eigenvalue weighted by molar-refractivity contribution is 6.33. The van der Waals surface area contributed by atoms with Crippen LogP contribution in [0.3, 0.4) is 0 Å². The molecule has 1 aromatic rings. The average molecular weight is 253 g/mol. The van der Waals surface area contributed by atoms with Crippen LogP contribution in [0.15, 0.2) is 12.7 Å². The van der Waals surface area contributed by atoms with Gasteiger partial charge in [-0.05, 0) is 13.3 Å². The molecule has 3 nitrogen and oxygen atoms in total. The quantitative estimate of drug-likeness (QED) is 0.613. The van der Waals surface area contributed by atoms with Crippen LogP contribution in [-0.4, -0.2) is 13.1 Å². The van der Waals surface area contributed by atoms with Gasteiger partial charge in [-0.25, -0.2) is 4.79 Å². The number of hydrogen-bond acceptors (Lipinski definition) is 3. The van der Waals surface area contributed by atoms with Gasteiger partial charge < -0.3 is 9.47 Å². The molecular formula is C13H13ClO3. The summed E-state index contributed by atoms with van der Waals surface area (Å²) in [5.74, 6) is 0.315. The van der Waals surface area contributed by atoms with Gasteiger partial charge in [0.25, 0.3) is 0 Å². The molecule has 0 atom stereocenters. The fraction of sp³-hybridized carbons (Fsp3) is 0.308. The molecule has 0 aromatic heterocycles. The second-order valence-electron chi connectivity index (χ2n) is 3.87. The third-order valence-corrected chi connectivity index (χ3v) is 3.38. The van der Waals surface area contributed by atoms with E-state index in [1.807, 2.05) is 6.92 Å². The van der Waals surface area contributed by atoms with Crippen LogP contribution < -0.4 is 4.74 Å². The van der Waals surface area contributed by atoms with Crippen molar-refractivity contribution in [2.24, 2.45) is 0 Å². The molecule has 0 radical (unpaired) electrons. The van der Waals surface area contributed by atoms with Crippen LogP contribution in [0.5, 0.6) is 5.75 Å². The van der Waals surface area contributed by atoms with Crippen molar-refractivity contribution >= 4 is 17.6 Å². The molecule has 0 aliphatic carbocycles. The van der Waals surface area contributed by atoms with Crippen molar-refractivity contribution in [1.82, 2.24) is 0 Å². The number of benzene rings is 1. The zero-order chi connectivity index (χ0) is 12.6. The highest BCUT2D eigenvalue weighted by Crippen LogP contribution is 2.40. The Morgan fingerprint density at radius 2 is 2.29 bits per heavy atom. The van der Waals surface area contributed by atoms with Gasteiger partial charge in [-0.3, -0.25) is 0 Å². The summed E-state index contributed by atoms with van der Waals surface area (Å²) in [6, 6.07) is 0. The summed E-state index contributed by atoms with van der Waals surface area (Å²) < 4.78 is 10.4. The summed E-state index contributed by atoms with van der Waals surface area (Å²) in [6.45, 7) is 5.78. The van der Waals surface area contributed by atoms with E-state index in [1.165, 1.54) is 0 Å². The van der Waals surface area contributed by atoms with Gasteiger partial charge in [0, 0.05) is 16.7 Å². The largest absolute Gasteiger partial charge is 0.496 e. The van der Waals surface area contributed by atoms with E-state index >= 15 is 0 Å². The second kappa shape index (κ2) is 4.41. The Hall–Kier alpha value is -1.48. The maximum atomic E-state index is 11.6. The number of hydrogen-bond donors (Lipinski definition) is 0. The lowest BCUT2D eigenvalue weighted by Crippen LogP contribution is -2.04. The van der Waals surface area contributed by atoms with E-state index in [-0.39, 0.29) is 12.6 Å². The molecule has 0 saturated heterocycles. The first kappa shape index (κ1) is 12.0. The Morgan fingerprint density at radius 3 is 2.88 bits per heavy atom. The predicted molar refractivity (Wildman–Crippen MR) is 65.8 cm³/mol. The first-order chi connectivity index (χ1) is 8.11. The van der Waals surface area contributed by atoms with Crippen LogP contribution in [0.25, 0.3) is 0 Å². The molecule has 17 heavy (non-hydrogen) atoms. The second-order valence-corrected chi connectivity index (χ2v) is 4.25. The molecule has 90 valence electrons. The van der Waals surface area contributed by atoms with E-state index in [0.29, 0.717) is 22.8 Å². The zero-order valence-corrected chi connectivity index (χ0v) is 10.6. The van der Waals surface area contributed by atoms with Crippen LogP contribution >= 0.6 is 11.6 Å². The number of carbonyl (C=O) groups excluding carboxylic acids is 1. The van der Waals surface area contributed by atoms with Crippen molar-refractivity contribution in [1.29, 1.82) is 0 Å². The molecule has 0 fully saturated rings. The summed E-state index contributed by atoms with van der Waals surface area (Å²) in [7, 11) is 1.57. The maximum absolute atomic E-state index is 11.6. The van der Waals surface area contributed by atoms with Crippen LogP contribution in [0.1, 0.15) is 27.0 Å². The smallest absolute Gasteiger partial charge is 0.339 e. The molecule has 2 rings (SSSR count). The summed E-state index contributed by atoms with van der Waals surface area (Å²) in [6.07, 6.45) is 2.36. The topological polar surface area (TPSA) is 35.5 Å². The van der Waals surface area contributed by atoms with Gasteiger partial charge >= 0.3 is 5.97 Å². The SMILES string of the molecule is C=CCc1c(Cl)c2c(c(C)c1OC)C(=O)OC2. The number of allylic oxidation sites excluding steroid dienone is 1. The molecule has 1 aliphatic rings. The third-order valence-electron chi connectivity index (χ3n) is 2.93. The Bertz CT molecular complexity index is 506. The van der Waals surface area contributed by atoms with E-state index < -0.39 is 0 Å². The number of fused-ring (bicyclic) bond motifs is 1. The van der Waals surface area contributed by atoms with E-state index in [0.717, 1.165) is 16.7 Å². The molecule has 0 bridgehead atoms. The number of rotatable bonds is 3. The summed E-state index contributed by atoms with van der Waals surface area (Å²) >= 11 is 6.29. The van der Waals surface area contributed by atoms with Crippen molar-refractivity contribution in [3.05, 3.63) is 39.9 Å². The van der Waals surface area contributed by atoms with E-state index in [9.17, 15) is 4.79 Å². The van der Waals surface area contributed by atoms with E-state index in [1.54, 1.807) is 13.2 Å². The lowest BCUT2D eigenvalue weighted by molar-refractivity contribution is 0.0534. The van der Waals surface area contributed by atoms with E-state index in [2.05, 4.69) is 6.58 Å². The Kier molecular flexibility index (Phi) is 3.11. The van der Waals surface area contributed by atoms with Gasteiger partial charge in [-0.1, -0.05) is 17.7 Å². The monoisotopic (exact) mass is 252 g/mol. The maximum Gasteiger partial charge on any atom is 0.339 e. The number of ether oxygens (including phenoxy) is 2. The fourth-order valence-electron chi connectivity index (χ4n) is 2.18. The summed E-state index contributed by atoms with van der Waals surface area (Å²) in [5.41, 5.74) is 2.94. The molecular weight excluding hydrogens is 240 g/mol. The van der Waals surface area contributed by atoms with Crippen LogP contribution in [0.2, 0.25) is 5.02 Å². The van der Waals surface area contributed by atoms with E-state index in [4.69, 9.17) is 21.1 Å². The lowest BCUT2D eigenvalue weighted by atomic mass is 9.97. The van der Waals surface area contributed by atoms with Crippen LogP contribution in [0, 0.1) is 6.92 Å². The highest BCUT2D eigenvalue weighted by Gasteiger charge is 2.30. The van der Waals surface area contributed by atoms with Crippen LogP contribution in [-0.2, 0) is 17.8 Å². The minimum absolute atomic E-state index is 0.238. The Morgan fingerprint density at radius 1 is 1.59 bits per heavy atom. The molecule has 1 aliphatic heterocycles. The molecule has 0 amide bonds. The number of cyclic esters (lactones) is 1. The van der Waals surface area contributed by atoms with Crippen molar-refractivity contribution in [3.8, 4) is 5.75 Å². The minimum atomic E-state index is -0.331. The van der Waals surface area contributed by atoms with Gasteiger partial charge in [-0.15, -0.1) is 6.58 Å². The zero-order valence-electron chi connectivity index (χ0n) is 9.80. The molecule has 0 unspecified atom stereocenters. The molecule has 1 aromatic carbocycles. The number of carbonyl (C=O) groups is 1. The van der Waals surface area contributed by atoms with Crippen LogP contribution in [0.4, 0.5) is 0 Å².